The van der Waals surface area contributed by atoms with E-state index < -0.39 is 17.0 Å². The highest BCUT2D eigenvalue weighted by Crippen LogP contribution is 2.39. The Morgan fingerprint density at radius 3 is 2.59 bits per heavy atom. The number of amides is 1. The Kier molecular flexibility index (Phi) is 4.79. The molecular formula is C24H18F2N6O2. The van der Waals surface area contributed by atoms with Crippen LogP contribution in [0.5, 0.6) is 5.75 Å². The number of hydrogen-bond acceptors (Lipinski definition) is 6. The molecule has 0 atom stereocenters. The van der Waals surface area contributed by atoms with Crippen LogP contribution in [0.15, 0.2) is 36.5 Å². The van der Waals surface area contributed by atoms with Crippen molar-refractivity contribution in [3.63, 3.8) is 0 Å². The summed E-state index contributed by atoms with van der Waals surface area (Å²) in [6, 6.07) is 9.01. The van der Waals surface area contributed by atoms with Crippen molar-refractivity contribution in [2.45, 2.75) is 32.8 Å². The average Bonchev–Trinajstić information content (AvgIpc) is 3.25. The van der Waals surface area contributed by atoms with Crippen LogP contribution in [0.4, 0.5) is 14.6 Å². The SMILES string of the molecule is Cc1nc2c(OCc3c(F)cccc3F)cccn2c1-c1nc(C#N)c2c(n1)NC(=O)C2(C)C. The molecule has 0 saturated carbocycles. The number of anilines is 1. The van der Waals surface area contributed by atoms with E-state index in [-0.39, 0.29) is 35.4 Å². The molecule has 170 valence electrons. The van der Waals surface area contributed by atoms with Gasteiger partial charge >= 0.3 is 0 Å². The molecule has 5 rings (SSSR count). The summed E-state index contributed by atoms with van der Waals surface area (Å²) in [7, 11) is 0. The second-order valence-corrected chi connectivity index (χ2v) is 8.41. The smallest absolute Gasteiger partial charge is 0.235 e. The van der Waals surface area contributed by atoms with E-state index in [1.54, 1.807) is 43.5 Å². The van der Waals surface area contributed by atoms with Gasteiger partial charge in [-0.2, -0.15) is 5.26 Å². The molecular weight excluding hydrogens is 442 g/mol. The number of carbonyl (C=O) groups is 1. The molecule has 10 heteroatoms. The van der Waals surface area contributed by atoms with E-state index in [0.717, 1.165) is 12.1 Å². The Hall–Kier alpha value is -4.39. The van der Waals surface area contributed by atoms with Gasteiger partial charge in [0.25, 0.3) is 0 Å². The van der Waals surface area contributed by atoms with Crippen LogP contribution in [0.1, 0.15) is 36.4 Å². The third kappa shape index (κ3) is 3.16. The quantitative estimate of drug-likeness (QED) is 0.493. The van der Waals surface area contributed by atoms with Gasteiger partial charge in [-0.1, -0.05) is 6.07 Å². The number of nitriles is 1. The van der Waals surface area contributed by atoms with Crippen LogP contribution < -0.4 is 10.1 Å². The highest BCUT2D eigenvalue weighted by molar-refractivity contribution is 6.05. The van der Waals surface area contributed by atoms with E-state index >= 15 is 0 Å². The lowest BCUT2D eigenvalue weighted by molar-refractivity contribution is -0.119. The van der Waals surface area contributed by atoms with Crippen LogP contribution >= 0.6 is 0 Å². The molecule has 1 aliphatic rings. The molecule has 8 nitrogen and oxygen atoms in total. The molecule has 0 spiro atoms. The van der Waals surface area contributed by atoms with E-state index in [1.807, 2.05) is 0 Å². The first-order valence-corrected chi connectivity index (χ1v) is 10.4. The number of benzene rings is 1. The second-order valence-electron chi connectivity index (χ2n) is 8.41. The molecule has 4 heterocycles. The van der Waals surface area contributed by atoms with Crippen molar-refractivity contribution in [3.8, 4) is 23.3 Å². The summed E-state index contributed by atoms with van der Waals surface area (Å²) in [5.74, 6) is -0.878. The van der Waals surface area contributed by atoms with Crippen LogP contribution in [0.25, 0.3) is 17.2 Å². The van der Waals surface area contributed by atoms with E-state index in [0.29, 0.717) is 28.3 Å². The van der Waals surface area contributed by atoms with Gasteiger partial charge < -0.3 is 10.1 Å². The molecule has 1 amide bonds. The van der Waals surface area contributed by atoms with Gasteiger partial charge in [0.15, 0.2) is 22.9 Å². The van der Waals surface area contributed by atoms with Gasteiger partial charge in [-0.3, -0.25) is 9.20 Å². The lowest BCUT2D eigenvalue weighted by atomic mass is 9.86. The number of halogens is 2. The summed E-state index contributed by atoms with van der Waals surface area (Å²) in [5, 5.41) is 12.4. The van der Waals surface area contributed by atoms with Crippen LogP contribution in [0.2, 0.25) is 0 Å². The Balaban J connectivity index is 1.60. The number of nitrogens with zero attached hydrogens (tertiary/aromatic N) is 5. The van der Waals surface area contributed by atoms with Gasteiger partial charge in [0.05, 0.1) is 16.7 Å². The molecule has 1 N–H and O–H groups in total. The maximum Gasteiger partial charge on any atom is 0.235 e. The number of imidazole rings is 1. The molecule has 1 aromatic carbocycles. The van der Waals surface area contributed by atoms with Crippen molar-refractivity contribution in [1.82, 2.24) is 19.4 Å². The van der Waals surface area contributed by atoms with Crippen molar-refractivity contribution in [2.24, 2.45) is 0 Å². The normalized spacial score (nSPS) is 14.1. The first-order chi connectivity index (χ1) is 16.2. The summed E-state index contributed by atoms with van der Waals surface area (Å²) < 4.78 is 35.4. The molecule has 0 saturated heterocycles. The van der Waals surface area contributed by atoms with Gasteiger partial charge in [-0.15, -0.1) is 0 Å². The summed E-state index contributed by atoms with van der Waals surface area (Å²) in [4.78, 5) is 25.9. The molecule has 0 fully saturated rings. The number of carbonyl (C=O) groups excluding carboxylic acids is 1. The molecule has 0 aliphatic carbocycles. The van der Waals surface area contributed by atoms with Gasteiger partial charge in [0.2, 0.25) is 5.91 Å². The average molecular weight is 460 g/mol. The number of nitrogens with one attached hydrogen (secondary N) is 1. The Labute approximate surface area is 192 Å². The fourth-order valence-corrected chi connectivity index (χ4v) is 4.07. The summed E-state index contributed by atoms with van der Waals surface area (Å²) in [6.45, 7) is 4.83. The largest absolute Gasteiger partial charge is 0.485 e. The highest BCUT2D eigenvalue weighted by atomic mass is 19.1. The number of ether oxygens (including phenoxy) is 1. The number of fused-ring (bicyclic) bond motifs is 2. The van der Waals surface area contributed by atoms with Crippen LogP contribution in [-0.2, 0) is 16.8 Å². The van der Waals surface area contributed by atoms with Crippen molar-refractivity contribution in [2.75, 3.05) is 5.32 Å². The summed E-state index contributed by atoms with van der Waals surface area (Å²) >= 11 is 0. The van der Waals surface area contributed by atoms with Gasteiger partial charge in [-0.25, -0.2) is 23.7 Å². The number of rotatable bonds is 4. The predicted molar refractivity (Wildman–Crippen MR) is 118 cm³/mol. The minimum absolute atomic E-state index is 0.0973. The van der Waals surface area contributed by atoms with Crippen molar-refractivity contribution >= 4 is 17.4 Å². The molecule has 0 bridgehead atoms. The van der Waals surface area contributed by atoms with Crippen molar-refractivity contribution in [3.05, 3.63) is 70.7 Å². The molecule has 0 radical (unpaired) electrons. The van der Waals surface area contributed by atoms with Crippen molar-refractivity contribution < 1.29 is 18.3 Å². The zero-order chi connectivity index (χ0) is 24.2. The van der Waals surface area contributed by atoms with E-state index in [9.17, 15) is 18.8 Å². The molecule has 1 aliphatic heterocycles. The lowest BCUT2D eigenvalue weighted by Crippen LogP contribution is -2.27. The third-order valence-corrected chi connectivity index (χ3v) is 5.87. The number of hydrogen-bond donors (Lipinski definition) is 1. The zero-order valence-electron chi connectivity index (χ0n) is 18.5. The minimum atomic E-state index is -0.934. The first-order valence-electron chi connectivity index (χ1n) is 10.4. The van der Waals surface area contributed by atoms with Gasteiger partial charge in [0.1, 0.15) is 35.8 Å². The van der Waals surface area contributed by atoms with Gasteiger partial charge in [-0.05, 0) is 45.0 Å². The van der Waals surface area contributed by atoms with E-state index in [4.69, 9.17) is 4.74 Å². The second kappa shape index (κ2) is 7.59. The maximum absolute atomic E-state index is 14.0. The van der Waals surface area contributed by atoms with E-state index in [1.165, 1.54) is 6.07 Å². The monoisotopic (exact) mass is 460 g/mol. The fraction of sp³-hybridized carbons (Fsp3) is 0.208. The third-order valence-electron chi connectivity index (χ3n) is 5.87. The van der Waals surface area contributed by atoms with Gasteiger partial charge in [0, 0.05) is 11.8 Å². The molecule has 34 heavy (non-hydrogen) atoms. The Morgan fingerprint density at radius 2 is 1.88 bits per heavy atom. The van der Waals surface area contributed by atoms with Crippen LogP contribution in [0.3, 0.4) is 0 Å². The Morgan fingerprint density at radius 1 is 1.15 bits per heavy atom. The van der Waals surface area contributed by atoms with Crippen LogP contribution in [-0.4, -0.2) is 25.3 Å². The highest BCUT2D eigenvalue weighted by Gasteiger charge is 2.43. The predicted octanol–water partition coefficient (Wildman–Crippen LogP) is 4.06. The maximum atomic E-state index is 14.0. The zero-order valence-corrected chi connectivity index (χ0v) is 18.5. The minimum Gasteiger partial charge on any atom is -0.485 e. The van der Waals surface area contributed by atoms with E-state index in [2.05, 4.69) is 26.3 Å². The number of aryl methyl sites for hydroxylation is 1. The standard InChI is InChI=1S/C24H18F2N6O2/c1-12-19(21-29-16(10-27)18-20(30-21)31-23(33)24(18,2)3)32-9-5-8-17(22(32)28-12)34-11-13-14(25)6-4-7-15(13)26/h4-9H,11H2,1-3H3,(H,29,30,31,33). The fourth-order valence-electron chi connectivity index (χ4n) is 4.07. The first kappa shape index (κ1) is 21.5. The molecule has 4 aromatic rings. The number of pyridine rings is 1. The summed E-state index contributed by atoms with van der Waals surface area (Å²) in [6.07, 6.45) is 1.71. The van der Waals surface area contributed by atoms with Crippen molar-refractivity contribution in [1.29, 1.82) is 5.26 Å². The topological polar surface area (TPSA) is 105 Å². The van der Waals surface area contributed by atoms with Crippen LogP contribution in [0, 0.1) is 29.9 Å². The molecule has 3 aromatic heterocycles. The number of aromatic nitrogens is 4. The summed E-state index contributed by atoms with van der Waals surface area (Å²) in [5.41, 5.74) is 0.851. The molecule has 0 unspecified atom stereocenters. The lowest BCUT2D eigenvalue weighted by Gasteiger charge is -2.15. The Bertz CT molecular complexity index is 1520.